The summed E-state index contributed by atoms with van der Waals surface area (Å²) in [5.41, 5.74) is 0.776. The number of nitrogens with one attached hydrogen (secondary N) is 1. The van der Waals surface area contributed by atoms with Gasteiger partial charge in [-0.2, -0.15) is 0 Å². The van der Waals surface area contributed by atoms with Gasteiger partial charge in [-0.1, -0.05) is 12.1 Å². The Morgan fingerprint density at radius 1 is 1.18 bits per heavy atom. The largest absolute Gasteiger partial charge is 0.378 e. The van der Waals surface area contributed by atoms with Crippen LogP contribution in [0.2, 0.25) is 0 Å². The number of anilines is 3. The zero-order chi connectivity index (χ0) is 19.5. The molecule has 2 aromatic rings. The van der Waals surface area contributed by atoms with E-state index in [2.05, 4.69) is 15.2 Å². The van der Waals surface area contributed by atoms with Gasteiger partial charge in [0.2, 0.25) is 11.8 Å². The lowest BCUT2D eigenvalue weighted by Crippen LogP contribution is -2.36. The van der Waals surface area contributed by atoms with E-state index in [0.29, 0.717) is 18.9 Å². The molecule has 2 saturated heterocycles. The molecule has 7 nitrogen and oxygen atoms in total. The van der Waals surface area contributed by atoms with Crippen LogP contribution >= 0.6 is 0 Å². The van der Waals surface area contributed by atoms with Gasteiger partial charge in [-0.15, -0.1) is 0 Å². The number of carbonyl (C=O) groups is 2. The fourth-order valence-corrected chi connectivity index (χ4v) is 3.47. The second-order valence-corrected chi connectivity index (χ2v) is 6.85. The Bertz CT molecular complexity index is 868. The van der Waals surface area contributed by atoms with Gasteiger partial charge in [-0.25, -0.2) is 9.37 Å². The lowest BCUT2D eigenvalue weighted by atomic mass is 10.1. The minimum Gasteiger partial charge on any atom is -0.378 e. The molecule has 1 N–H and O–H groups in total. The highest BCUT2D eigenvalue weighted by Crippen LogP contribution is 2.28. The van der Waals surface area contributed by atoms with Crippen LogP contribution in [-0.2, 0) is 14.3 Å². The second-order valence-electron chi connectivity index (χ2n) is 6.85. The Kier molecular flexibility index (Phi) is 5.21. The summed E-state index contributed by atoms with van der Waals surface area (Å²) in [6, 6.07) is 9.73. The fraction of sp³-hybridized carbons (Fsp3) is 0.350. The summed E-state index contributed by atoms with van der Waals surface area (Å²) < 4.78 is 19.3. The number of rotatable bonds is 4. The highest BCUT2D eigenvalue weighted by molar-refractivity contribution is 6.03. The van der Waals surface area contributed by atoms with Gasteiger partial charge in [-0.3, -0.25) is 9.59 Å². The molecule has 0 aliphatic carbocycles. The van der Waals surface area contributed by atoms with E-state index in [1.54, 1.807) is 30.5 Å². The summed E-state index contributed by atoms with van der Waals surface area (Å²) in [4.78, 5) is 32.7. The Labute approximate surface area is 162 Å². The maximum Gasteiger partial charge on any atom is 0.229 e. The van der Waals surface area contributed by atoms with Crippen molar-refractivity contribution in [1.29, 1.82) is 0 Å². The number of ether oxygens (including phenoxy) is 1. The van der Waals surface area contributed by atoms with Crippen LogP contribution in [0.25, 0.3) is 0 Å². The van der Waals surface area contributed by atoms with Gasteiger partial charge in [-0.05, 0) is 24.3 Å². The minimum absolute atomic E-state index is 0.0550. The Balaban J connectivity index is 1.39. The van der Waals surface area contributed by atoms with Crippen molar-refractivity contribution in [2.45, 2.75) is 6.42 Å². The van der Waals surface area contributed by atoms with Crippen LogP contribution in [0.5, 0.6) is 0 Å². The van der Waals surface area contributed by atoms with Crippen LogP contribution in [0.15, 0.2) is 42.6 Å². The number of amides is 2. The predicted molar refractivity (Wildman–Crippen MR) is 103 cm³/mol. The van der Waals surface area contributed by atoms with Crippen molar-refractivity contribution < 1.29 is 18.7 Å². The summed E-state index contributed by atoms with van der Waals surface area (Å²) in [5.74, 6) is -0.701. The monoisotopic (exact) mass is 384 g/mol. The van der Waals surface area contributed by atoms with Crippen LogP contribution in [0.4, 0.5) is 21.6 Å². The number of hydrogen-bond donors (Lipinski definition) is 1. The SMILES string of the molecule is O=C(Nc1ccc(N2CCOCC2)nc1)C1CC(=O)N(c2ccccc2F)C1. The molecule has 0 saturated carbocycles. The van der Waals surface area contributed by atoms with E-state index < -0.39 is 11.7 Å². The van der Waals surface area contributed by atoms with Crippen molar-refractivity contribution in [3.05, 3.63) is 48.4 Å². The zero-order valence-corrected chi connectivity index (χ0v) is 15.3. The first-order valence-corrected chi connectivity index (χ1v) is 9.26. The molecular weight excluding hydrogens is 363 g/mol. The molecular formula is C20H21FN4O3. The molecule has 1 aromatic carbocycles. The van der Waals surface area contributed by atoms with Gasteiger partial charge in [0, 0.05) is 26.1 Å². The van der Waals surface area contributed by atoms with Gasteiger partial charge < -0.3 is 19.9 Å². The summed E-state index contributed by atoms with van der Waals surface area (Å²) in [6.07, 6.45) is 1.66. The molecule has 2 amide bonds. The van der Waals surface area contributed by atoms with E-state index in [1.165, 1.54) is 11.0 Å². The topological polar surface area (TPSA) is 74.8 Å². The molecule has 8 heteroatoms. The van der Waals surface area contributed by atoms with Gasteiger partial charge >= 0.3 is 0 Å². The third-order valence-corrected chi connectivity index (χ3v) is 4.99. The van der Waals surface area contributed by atoms with Crippen molar-refractivity contribution in [2.75, 3.05) is 48.0 Å². The molecule has 4 rings (SSSR count). The number of halogens is 1. The van der Waals surface area contributed by atoms with E-state index >= 15 is 0 Å². The standard InChI is InChI=1S/C20H21FN4O3/c21-16-3-1-2-4-17(16)25-13-14(11-19(25)26)20(27)23-15-5-6-18(22-12-15)24-7-9-28-10-8-24/h1-6,12,14H,7-11,13H2,(H,23,27). The van der Waals surface area contributed by atoms with Crippen LogP contribution in [0, 0.1) is 11.7 Å². The molecule has 2 aliphatic heterocycles. The first-order valence-electron chi connectivity index (χ1n) is 9.26. The lowest BCUT2D eigenvalue weighted by molar-refractivity contribution is -0.122. The van der Waals surface area contributed by atoms with Gasteiger partial charge in [0.1, 0.15) is 11.6 Å². The highest BCUT2D eigenvalue weighted by Gasteiger charge is 2.36. The maximum atomic E-state index is 14.0. The van der Waals surface area contributed by atoms with Crippen molar-refractivity contribution >= 4 is 29.0 Å². The van der Waals surface area contributed by atoms with Crippen LogP contribution in [0.1, 0.15) is 6.42 Å². The third-order valence-electron chi connectivity index (χ3n) is 4.99. The summed E-state index contributed by atoms with van der Waals surface area (Å²) >= 11 is 0. The number of aromatic nitrogens is 1. The third kappa shape index (κ3) is 3.82. The van der Waals surface area contributed by atoms with Crippen LogP contribution < -0.4 is 15.1 Å². The number of pyridine rings is 1. The van der Waals surface area contributed by atoms with Gasteiger partial charge in [0.15, 0.2) is 0 Å². The first kappa shape index (κ1) is 18.4. The molecule has 0 radical (unpaired) electrons. The molecule has 1 atom stereocenters. The number of benzene rings is 1. The first-order chi connectivity index (χ1) is 13.6. The average Bonchev–Trinajstić information content (AvgIpc) is 3.11. The number of nitrogens with zero attached hydrogens (tertiary/aromatic N) is 3. The Morgan fingerprint density at radius 2 is 1.96 bits per heavy atom. The number of hydrogen-bond acceptors (Lipinski definition) is 5. The highest BCUT2D eigenvalue weighted by atomic mass is 19.1. The van der Waals surface area contributed by atoms with Crippen molar-refractivity contribution in [3.63, 3.8) is 0 Å². The Morgan fingerprint density at radius 3 is 2.68 bits per heavy atom. The van der Waals surface area contributed by atoms with Gasteiger partial charge in [0.25, 0.3) is 0 Å². The lowest BCUT2D eigenvalue weighted by Gasteiger charge is -2.27. The van der Waals surface area contributed by atoms with Crippen molar-refractivity contribution in [1.82, 2.24) is 4.98 Å². The molecule has 28 heavy (non-hydrogen) atoms. The molecule has 2 fully saturated rings. The molecule has 2 aliphatic rings. The van der Waals surface area contributed by atoms with Crippen molar-refractivity contribution in [3.8, 4) is 0 Å². The second kappa shape index (κ2) is 7.93. The van der Waals surface area contributed by atoms with E-state index in [9.17, 15) is 14.0 Å². The molecule has 0 spiro atoms. The molecule has 1 unspecified atom stereocenters. The van der Waals surface area contributed by atoms with Crippen molar-refractivity contribution in [2.24, 2.45) is 5.92 Å². The van der Waals surface area contributed by atoms with Gasteiger partial charge in [0.05, 0.1) is 36.7 Å². The van der Waals surface area contributed by atoms with E-state index in [1.807, 2.05) is 6.07 Å². The smallest absolute Gasteiger partial charge is 0.229 e. The summed E-state index contributed by atoms with van der Waals surface area (Å²) in [5, 5.41) is 2.80. The molecule has 3 heterocycles. The fourth-order valence-electron chi connectivity index (χ4n) is 3.47. The van der Waals surface area contributed by atoms with E-state index in [4.69, 9.17) is 4.74 Å². The molecule has 0 bridgehead atoms. The van der Waals surface area contributed by atoms with E-state index in [-0.39, 0.29) is 30.5 Å². The quantitative estimate of drug-likeness (QED) is 0.873. The predicted octanol–water partition coefficient (Wildman–Crippen LogP) is 2.05. The Hall–Kier alpha value is -3.00. The summed E-state index contributed by atoms with van der Waals surface area (Å²) in [7, 11) is 0. The number of para-hydroxylation sites is 1. The zero-order valence-electron chi connectivity index (χ0n) is 15.3. The average molecular weight is 384 g/mol. The normalized spacial score (nSPS) is 19.8. The van der Waals surface area contributed by atoms with Crippen LogP contribution in [-0.4, -0.2) is 49.6 Å². The summed E-state index contributed by atoms with van der Waals surface area (Å²) in [6.45, 7) is 3.08. The minimum atomic E-state index is -0.536. The van der Waals surface area contributed by atoms with E-state index in [0.717, 1.165) is 18.9 Å². The maximum absolute atomic E-state index is 14.0. The molecule has 1 aromatic heterocycles. The number of carbonyl (C=O) groups excluding carboxylic acids is 2. The number of morpholine rings is 1. The van der Waals surface area contributed by atoms with Crippen LogP contribution in [0.3, 0.4) is 0 Å². The molecule has 146 valence electrons.